The molecule has 0 fully saturated rings. The lowest BCUT2D eigenvalue weighted by Gasteiger charge is -2.29. The van der Waals surface area contributed by atoms with E-state index in [4.69, 9.17) is 4.74 Å². The Morgan fingerprint density at radius 3 is 2.74 bits per heavy atom. The largest absolute Gasteiger partial charge is 0.383 e. The maximum atomic E-state index is 12.7. The predicted octanol–water partition coefficient (Wildman–Crippen LogP) is 3.64. The van der Waals surface area contributed by atoms with Crippen molar-refractivity contribution in [2.24, 2.45) is 0 Å². The van der Waals surface area contributed by atoms with Gasteiger partial charge in [0.2, 0.25) is 0 Å². The highest BCUT2D eigenvalue weighted by Gasteiger charge is 2.21. The highest BCUT2D eigenvalue weighted by atomic mass is 79.9. The van der Waals surface area contributed by atoms with Gasteiger partial charge in [0, 0.05) is 29.7 Å². The number of carbonyl (C=O) groups is 1. The quantitative estimate of drug-likeness (QED) is 0.798. The number of nitrogens with zero attached hydrogens (tertiary/aromatic N) is 1. The lowest BCUT2D eigenvalue weighted by molar-refractivity contribution is 0.0613. The molecule has 106 valence electrons. The van der Waals surface area contributed by atoms with Gasteiger partial charge in [-0.2, -0.15) is 0 Å². The van der Waals surface area contributed by atoms with Gasteiger partial charge >= 0.3 is 0 Å². The summed E-state index contributed by atoms with van der Waals surface area (Å²) in [5.74, 6) is 0.0743. The Balaban J connectivity index is 3.00. The van der Waals surface area contributed by atoms with Gasteiger partial charge in [0.1, 0.15) is 0 Å². The molecule has 0 saturated carbocycles. The molecule has 0 heterocycles. The van der Waals surface area contributed by atoms with Crippen LogP contribution in [0.3, 0.4) is 0 Å². The molecule has 0 saturated heterocycles. The van der Waals surface area contributed by atoms with Crippen LogP contribution in [0.15, 0.2) is 22.7 Å². The van der Waals surface area contributed by atoms with E-state index in [-0.39, 0.29) is 11.9 Å². The summed E-state index contributed by atoms with van der Waals surface area (Å²) in [7, 11) is 1.66. The summed E-state index contributed by atoms with van der Waals surface area (Å²) in [6.45, 7) is 7.30. The number of rotatable bonds is 6. The normalized spacial score (nSPS) is 12.3. The van der Waals surface area contributed by atoms with Crippen LogP contribution in [0, 0.1) is 6.92 Å². The lowest BCUT2D eigenvalue weighted by atomic mass is 10.1. The monoisotopic (exact) mass is 327 g/mol. The number of carbonyl (C=O) groups excluding carboxylic acids is 1. The highest BCUT2D eigenvalue weighted by molar-refractivity contribution is 9.10. The summed E-state index contributed by atoms with van der Waals surface area (Å²) in [6, 6.07) is 6.01. The lowest BCUT2D eigenvalue weighted by Crippen LogP contribution is -2.40. The second kappa shape index (κ2) is 7.65. The fourth-order valence-corrected chi connectivity index (χ4v) is 2.27. The molecule has 0 aromatic heterocycles. The molecule has 1 unspecified atom stereocenters. The van der Waals surface area contributed by atoms with Crippen LogP contribution >= 0.6 is 15.9 Å². The van der Waals surface area contributed by atoms with Gasteiger partial charge in [-0.05, 0) is 38.0 Å². The standard InChI is InChI=1S/C15H22BrNO2/c1-5-12(3)17(8-9-19-4)15(18)14-10-13(16)7-6-11(14)2/h6-7,10,12H,5,8-9H2,1-4H3. The fourth-order valence-electron chi connectivity index (χ4n) is 1.91. The van der Waals surface area contributed by atoms with Gasteiger partial charge < -0.3 is 9.64 Å². The number of aryl methyl sites for hydroxylation is 1. The fraction of sp³-hybridized carbons (Fsp3) is 0.533. The summed E-state index contributed by atoms with van der Waals surface area (Å²) < 4.78 is 6.03. The third-order valence-electron chi connectivity index (χ3n) is 3.35. The van der Waals surface area contributed by atoms with Crippen LogP contribution in [0.1, 0.15) is 36.2 Å². The number of methoxy groups -OCH3 is 1. The molecule has 4 heteroatoms. The summed E-state index contributed by atoms with van der Waals surface area (Å²) >= 11 is 3.43. The Morgan fingerprint density at radius 1 is 1.47 bits per heavy atom. The van der Waals surface area contributed by atoms with E-state index in [1.165, 1.54) is 0 Å². The van der Waals surface area contributed by atoms with Gasteiger partial charge in [0.15, 0.2) is 0 Å². The average Bonchev–Trinajstić information content (AvgIpc) is 2.41. The van der Waals surface area contributed by atoms with Crippen LogP contribution in [-0.2, 0) is 4.74 Å². The summed E-state index contributed by atoms with van der Waals surface area (Å²) in [5, 5.41) is 0. The molecule has 0 aliphatic rings. The molecule has 3 nitrogen and oxygen atoms in total. The van der Waals surface area contributed by atoms with Crippen LogP contribution in [0.25, 0.3) is 0 Å². The minimum absolute atomic E-state index is 0.0743. The number of hydrogen-bond donors (Lipinski definition) is 0. The van der Waals surface area contributed by atoms with Crippen molar-refractivity contribution in [3.63, 3.8) is 0 Å². The number of halogens is 1. The van der Waals surface area contributed by atoms with Crippen LogP contribution in [0.5, 0.6) is 0 Å². The number of hydrogen-bond acceptors (Lipinski definition) is 2. The van der Waals surface area contributed by atoms with E-state index < -0.39 is 0 Å². The Labute approximate surface area is 124 Å². The Bertz CT molecular complexity index is 434. The van der Waals surface area contributed by atoms with E-state index >= 15 is 0 Å². The van der Waals surface area contributed by atoms with Gasteiger partial charge in [-0.25, -0.2) is 0 Å². The predicted molar refractivity (Wildman–Crippen MR) is 81.5 cm³/mol. The van der Waals surface area contributed by atoms with Gasteiger partial charge in [0.25, 0.3) is 5.91 Å². The molecular formula is C15H22BrNO2. The van der Waals surface area contributed by atoms with Crippen molar-refractivity contribution >= 4 is 21.8 Å². The van der Waals surface area contributed by atoms with Gasteiger partial charge in [0.05, 0.1) is 6.61 Å². The first-order valence-electron chi connectivity index (χ1n) is 6.57. The molecule has 0 bridgehead atoms. The molecule has 1 atom stereocenters. The second-order valence-electron chi connectivity index (χ2n) is 4.71. The SMILES string of the molecule is CCC(C)N(CCOC)C(=O)c1cc(Br)ccc1C. The zero-order valence-corrected chi connectivity index (χ0v) is 13.7. The first kappa shape index (κ1) is 16.2. The maximum absolute atomic E-state index is 12.7. The molecular weight excluding hydrogens is 306 g/mol. The molecule has 0 aliphatic heterocycles. The highest BCUT2D eigenvalue weighted by Crippen LogP contribution is 2.19. The molecule has 0 N–H and O–H groups in total. The minimum Gasteiger partial charge on any atom is -0.383 e. The molecule has 0 radical (unpaired) electrons. The first-order valence-corrected chi connectivity index (χ1v) is 7.36. The molecule has 1 rings (SSSR count). The topological polar surface area (TPSA) is 29.5 Å². The second-order valence-corrected chi connectivity index (χ2v) is 5.62. The van der Waals surface area contributed by atoms with Crippen molar-refractivity contribution in [1.82, 2.24) is 4.90 Å². The van der Waals surface area contributed by atoms with Crippen LogP contribution in [0.2, 0.25) is 0 Å². The zero-order valence-electron chi connectivity index (χ0n) is 12.1. The van der Waals surface area contributed by atoms with Crippen molar-refractivity contribution in [3.8, 4) is 0 Å². The summed E-state index contributed by atoms with van der Waals surface area (Å²) in [4.78, 5) is 14.6. The molecule has 1 aromatic rings. The van der Waals surface area contributed by atoms with E-state index in [1.54, 1.807) is 7.11 Å². The summed E-state index contributed by atoms with van der Waals surface area (Å²) in [5.41, 5.74) is 1.75. The van der Waals surface area contributed by atoms with Crippen LogP contribution in [0.4, 0.5) is 0 Å². The maximum Gasteiger partial charge on any atom is 0.254 e. The zero-order chi connectivity index (χ0) is 14.4. The van der Waals surface area contributed by atoms with Crippen molar-refractivity contribution in [3.05, 3.63) is 33.8 Å². The van der Waals surface area contributed by atoms with Gasteiger partial charge in [-0.1, -0.05) is 28.9 Å². The first-order chi connectivity index (χ1) is 9.01. The molecule has 0 aliphatic carbocycles. The van der Waals surface area contributed by atoms with Crippen molar-refractivity contribution in [2.45, 2.75) is 33.2 Å². The van der Waals surface area contributed by atoms with E-state index in [0.29, 0.717) is 13.2 Å². The van der Waals surface area contributed by atoms with Gasteiger partial charge in [-0.3, -0.25) is 4.79 Å². The molecule has 19 heavy (non-hydrogen) atoms. The van der Waals surface area contributed by atoms with E-state index in [0.717, 1.165) is 22.0 Å². The average molecular weight is 328 g/mol. The van der Waals surface area contributed by atoms with Crippen molar-refractivity contribution in [2.75, 3.05) is 20.3 Å². The van der Waals surface area contributed by atoms with Crippen molar-refractivity contribution < 1.29 is 9.53 Å². The smallest absolute Gasteiger partial charge is 0.254 e. The van der Waals surface area contributed by atoms with Crippen LogP contribution in [-0.4, -0.2) is 37.1 Å². The molecule has 0 spiro atoms. The third-order valence-corrected chi connectivity index (χ3v) is 3.84. The number of amides is 1. The molecule has 1 aromatic carbocycles. The number of benzene rings is 1. The Morgan fingerprint density at radius 2 is 2.16 bits per heavy atom. The third kappa shape index (κ3) is 4.32. The minimum atomic E-state index is 0.0743. The van der Waals surface area contributed by atoms with E-state index in [2.05, 4.69) is 29.8 Å². The van der Waals surface area contributed by atoms with E-state index in [1.807, 2.05) is 30.0 Å². The van der Waals surface area contributed by atoms with Crippen molar-refractivity contribution in [1.29, 1.82) is 0 Å². The Kier molecular flexibility index (Phi) is 6.52. The number of ether oxygens (including phenoxy) is 1. The Hall–Kier alpha value is -0.870. The van der Waals surface area contributed by atoms with E-state index in [9.17, 15) is 4.79 Å². The van der Waals surface area contributed by atoms with Gasteiger partial charge in [-0.15, -0.1) is 0 Å². The van der Waals surface area contributed by atoms with Crippen LogP contribution < -0.4 is 0 Å². The summed E-state index contributed by atoms with van der Waals surface area (Å²) in [6.07, 6.45) is 0.933. The molecule has 1 amide bonds.